The van der Waals surface area contributed by atoms with Gasteiger partial charge in [0.2, 0.25) is 0 Å². The average molecular weight is 348 g/mol. The van der Waals surface area contributed by atoms with E-state index in [2.05, 4.69) is 41.2 Å². The van der Waals surface area contributed by atoms with Crippen LogP contribution in [0, 0.1) is 6.92 Å². The Labute approximate surface area is 148 Å². The van der Waals surface area contributed by atoms with E-state index in [9.17, 15) is 5.11 Å². The first-order chi connectivity index (χ1) is 11.7. The molecule has 0 saturated carbocycles. The van der Waals surface area contributed by atoms with E-state index in [0.29, 0.717) is 13.1 Å². The largest absolute Gasteiger partial charge is 0.390 e. The zero-order valence-electron chi connectivity index (χ0n) is 15.8. The smallest absolute Gasteiger partial charge is 0.136 e. The van der Waals surface area contributed by atoms with Crippen molar-refractivity contribution in [1.82, 2.24) is 24.8 Å². The summed E-state index contributed by atoms with van der Waals surface area (Å²) >= 11 is 0. The van der Waals surface area contributed by atoms with Gasteiger partial charge in [0.05, 0.1) is 38.2 Å². The first-order valence-electron chi connectivity index (χ1n) is 8.26. The number of aliphatic hydroxyl groups excluding tert-OH is 1. The number of hydroxylamine groups is 2. The Bertz CT molecular complexity index is 695. The fourth-order valence-electron chi connectivity index (χ4n) is 2.29. The van der Waals surface area contributed by atoms with Gasteiger partial charge in [-0.2, -0.15) is 10.2 Å². The van der Waals surface area contributed by atoms with Crippen molar-refractivity contribution in [3.8, 4) is 0 Å². The van der Waals surface area contributed by atoms with Gasteiger partial charge in [-0.3, -0.25) is 4.68 Å². The van der Waals surface area contributed by atoms with E-state index in [1.165, 1.54) is 0 Å². The molecule has 0 saturated heterocycles. The molecule has 0 spiro atoms. The van der Waals surface area contributed by atoms with E-state index >= 15 is 0 Å². The minimum absolute atomic E-state index is 0.121. The van der Waals surface area contributed by atoms with Gasteiger partial charge in [0.15, 0.2) is 0 Å². The van der Waals surface area contributed by atoms with Crippen molar-refractivity contribution in [3.63, 3.8) is 0 Å². The number of anilines is 2. The van der Waals surface area contributed by atoms with Gasteiger partial charge in [-0.1, -0.05) is 20.8 Å². The van der Waals surface area contributed by atoms with Crippen LogP contribution in [-0.4, -0.2) is 56.7 Å². The van der Waals surface area contributed by atoms with Crippen molar-refractivity contribution < 1.29 is 9.94 Å². The Hall–Kier alpha value is -2.03. The van der Waals surface area contributed by atoms with E-state index in [1.54, 1.807) is 30.1 Å². The van der Waals surface area contributed by atoms with E-state index in [0.717, 1.165) is 23.0 Å². The Morgan fingerprint density at radius 1 is 1.36 bits per heavy atom. The minimum Gasteiger partial charge on any atom is -0.390 e. The van der Waals surface area contributed by atoms with Crippen LogP contribution in [0.3, 0.4) is 0 Å². The lowest BCUT2D eigenvalue weighted by Gasteiger charge is -2.18. The number of nitrogens with one attached hydrogen (secondary N) is 1. The average Bonchev–Trinajstić information content (AvgIpc) is 2.92. The van der Waals surface area contributed by atoms with Crippen LogP contribution in [0.5, 0.6) is 0 Å². The third-order valence-electron chi connectivity index (χ3n) is 3.61. The van der Waals surface area contributed by atoms with Crippen LogP contribution in [0.4, 0.5) is 11.5 Å². The van der Waals surface area contributed by atoms with Crippen molar-refractivity contribution in [3.05, 3.63) is 30.0 Å². The number of aryl methyl sites for hydroxylation is 1. The van der Waals surface area contributed by atoms with Crippen molar-refractivity contribution in [2.24, 2.45) is 0 Å². The van der Waals surface area contributed by atoms with E-state index in [1.807, 2.05) is 19.2 Å². The molecular weight excluding hydrogens is 320 g/mol. The maximum Gasteiger partial charge on any atom is 0.136 e. The summed E-state index contributed by atoms with van der Waals surface area (Å²) in [5.74, 6) is 1.53. The monoisotopic (exact) mass is 348 g/mol. The van der Waals surface area contributed by atoms with Crippen LogP contribution in [0.15, 0.2) is 18.5 Å². The molecule has 2 aromatic rings. The van der Waals surface area contributed by atoms with Gasteiger partial charge >= 0.3 is 0 Å². The number of hydrogen-bond donors (Lipinski definition) is 2. The van der Waals surface area contributed by atoms with Gasteiger partial charge in [0.25, 0.3) is 0 Å². The molecule has 25 heavy (non-hydrogen) atoms. The topological polar surface area (TPSA) is 88.3 Å². The summed E-state index contributed by atoms with van der Waals surface area (Å²) in [6.07, 6.45) is 2.97. The molecule has 0 aliphatic rings. The maximum atomic E-state index is 10.0. The SMILES string of the molecule is CON(C)CC(O)Cn1cc(Nc2cc(C)nc(C(C)(C)C)n2)cn1. The van der Waals surface area contributed by atoms with Gasteiger partial charge in [-0.05, 0) is 6.92 Å². The molecule has 2 heterocycles. The van der Waals surface area contributed by atoms with Crippen LogP contribution in [0.1, 0.15) is 32.3 Å². The predicted octanol–water partition coefficient (Wildman–Crippen LogP) is 1.88. The quantitative estimate of drug-likeness (QED) is 0.739. The van der Waals surface area contributed by atoms with E-state index < -0.39 is 6.10 Å². The Kier molecular flexibility index (Phi) is 6.10. The Balaban J connectivity index is 2.05. The third kappa shape index (κ3) is 5.77. The second kappa shape index (κ2) is 7.90. The second-order valence-corrected chi connectivity index (χ2v) is 7.19. The molecule has 2 N–H and O–H groups in total. The summed E-state index contributed by atoms with van der Waals surface area (Å²) in [5.41, 5.74) is 1.60. The first-order valence-corrected chi connectivity index (χ1v) is 8.26. The highest BCUT2D eigenvalue weighted by Gasteiger charge is 2.18. The molecule has 1 atom stereocenters. The Morgan fingerprint density at radius 2 is 2.08 bits per heavy atom. The third-order valence-corrected chi connectivity index (χ3v) is 3.61. The zero-order chi connectivity index (χ0) is 18.6. The van der Waals surface area contributed by atoms with Crippen molar-refractivity contribution >= 4 is 11.5 Å². The van der Waals surface area contributed by atoms with Crippen molar-refractivity contribution in [2.45, 2.75) is 45.8 Å². The molecule has 8 nitrogen and oxygen atoms in total. The molecule has 0 aliphatic carbocycles. The normalized spacial score (nSPS) is 13.3. The first kappa shape index (κ1) is 19.3. The predicted molar refractivity (Wildman–Crippen MR) is 96.6 cm³/mol. The lowest BCUT2D eigenvalue weighted by Crippen LogP contribution is -2.31. The van der Waals surface area contributed by atoms with Crippen LogP contribution in [0.2, 0.25) is 0 Å². The summed E-state index contributed by atoms with van der Waals surface area (Å²) in [6.45, 7) is 8.99. The minimum atomic E-state index is -0.577. The molecule has 0 radical (unpaired) electrons. The summed E-state index contributed by atoms with van der Waals surface area (Å²) in [6, 6.07) is 1.90. The summed E-state index contributed by atoms with van der Waals surface area (Å²) in [7, 11) is 3.34. The lowest BCUT2D eigenvalue weighted by atomic mass is 9.95. The van der Waals surface area contributed by atoms with Crippen LogP contribution < -0.4 is 5.32 Å². The molecule has 0 fully saturated rings. The zero-order valence-corrected chi connectivity index (χ0v) is 15.8. The fraction of sp³-hybridized carbons (Fsp3) is 0.588. The van der Waals surface area contributed by atoms with Crippen LogP contribution in [0.25, 0.3) is 0 Å². The fourth-order valence-corrected chi connectivity index (χ4v) is 2.29. The molecule has 0 aromatic carbocycles. The van der Waals surface area contributed by atoms with Gasteiger partial charge in [0, 0.05) is 30.4 Å². The van der Waals surface area contributed by atoms with Gasteiger partial charge in [0.1, 0.15) is 11.6 Å². The molecule has 0 aliphatic heterocycles. The Morgan fingerprint density at radius 3 is 2.72 bits per heavy atom. The molecule has 8 heteroatoms. The summed E-state index contributed by atoms with van der Waals surface area (Å²) < 4.78 is 1.69. The number of hydrogen-bond acceptors (Lipinski definition) is 7. The number of rotatable bonds is 7. The molecule has 2 aromatic heterocycles. The van der Waals surface area contributed by atoms with Crippen LogP contribution in [-0.2, 0) is 16.8 Å². The highest BCUT2D eigenvalue weighted by Crippen LogP contribution is 2.22. The maximum absolute atomic E-state index is 10.0. The molecular formula is C17H28N6O2. The highest BCUT2D eigenvalue weighted by molar-refractivity contribution is 5.54. The molecule has 0 bridgehead atoms. The van der Waals surface area contributed by atoms with Crippen molar-refractivity contribution in [1.29, 1.82) is 0 Å². The summed E-state index contributed by atoms with van der Waals surface area (Å²) in [4.78, 5) is 14.1. The van der Waals surface area contributed by atoms with Gasteiger partial charge in [-0.15, -0.1) is 0 Å². The number of nitrogens with zero attached hydrogens (tertiary/aromatic N) is 5. The summed E-state index contributed by atoms with van der Waals surface area (Å²) in [5, 5.41) is 19.1. The standard InChI is InChI=1S/C17H28N6O2/c1-12-7-15(21-16(19-12)17(2,3)4)20-13-8-18-23(9-13)11-14(24)10-22(5)25-6/h7-9,14,24H,10-11H2,1-6H3,(H,19,20,21). The molecule has 0 amide bonds. The van der Waals surface area contributed by atoms with Crippen LogP contribution >= 0.6 is 0 Å². The second-order valence-electron chi connectivity index (χ2n) is 7.19. The van der Waals surface area contributed by atoms with Gasteiger partial charge < -0.3 is 15.3 Å². The number of aliphatic hydroxyl groups is 1. The lowest BCUT2D eigenvalue weighted by molar-refractivity contribution is -0.129. The molecule has 1 unspecified atom stereocenters. The van der Waals surface area contributed by atoms with E-state index in [-0.39, 0.29) is 5.41 Å². The molecule has 138 valence electrons. The van der Waals surface area contributed by atoms with Crippen molar-refractivity contribution in [2.75, 3.05) is 26.0 Å². The highest BCUT2D eigenvalue weighted by atomic mass is 16.7. The molecule has 2 rings (SSSR count). The van der Waals surface area contributed by atoms with E-state index in [4.69, 9.17) is 4.84 Å². The van der Waals surface area contributed by atoms with Gasteiger partial charge in [-0.25, -0.2) is 9.97 Å². The number of likely N-dealkylation sites (N-methyl/N-ethyl adjacent to an activating group) is 1. The number of aromatic nitrogens is 4.